The van der Waals surface area contributed by atoms with Gasteiger partial charge >= 0.3 is 0 Å². The number of aromatic nitrogens is 2. The van der Waals surface area contributed by atoms with E-state index < -0.39 is 0 Å². The van der Waals surface area contributed by atoms with Crippen molar-refractivity contribution in [1.82, 2.24) is 9.78 Å². The smallest absolute Gasteiger partial charge is 0.0524 e. The third-order valence-electron chi connectivity index (χ3n) is 3.61. The maximum Gasteiger partial charge on any atom is 0.0524 e. The Bertz CT molecular complexity index is 338. The quantitative estimate of drug-likeness (QED) is 0.733. The van der Waals surface area contributed by atoms with Crippen molar-refractivity contribution < 1.29 is 0 Å². The molecule has 3 heteroatoms. The van der Waals surface area contributed by atoms with E-state index in [0.717, 1.165) is 13.0 Å². The molecule has 2 N–H and O–H groups in total. The average Bonchev–Trinajstić information content (AvgIpc) is 2.47. The van der Waals surface area contributed by atoms with E-state index in [1.54, 1.807) is 0 Å². The highest BCUT2D eigenvalue weighted by atomic mass is 15.3. The first kappa shape index (κ1) is 9.71. The molecule has 1 heterocycles. The number of hydrogen-bond acceptors (Lipinski definition) is 2. The first-order valence-corrected chi connectivity index (χ1v) is 5.27. The van der Waals surface area contributed by atoms with Crippen LogP contribution in [0, 0.1) is 5.41 Å². The van der Waals surface area contributed by atoms with Crippen LogP contribution in [-0.2, 0) is 13.5 Å². The van der Waals surface area contributed by atoms with Crippen LogP contribution >= 0.6 is 0 Å². The Hall–Kier alpha value is -0.830. The van der Waals surface area contributed by atoms with Crippen molar-refractivity contribution in [2.75, 3.05) is 6.54 Å². The number of fused-ring (bicyclic) bond motifs is 1. The summed E-state index contributed by atoms with van der Waals surface area (Å²) in [5, 5.41) is 4.32. The van der Waals surface area contributed by atoms with Crippen LogP contribution in [0.4, 0.5) is 0 Å². The fourth-order valence-corrected chi connectivity index (χ4v) is 2.57. The Morgan fingerprint density at radius 1 is 1.64 bits per heavy atom. The lowest BCUT2D eigenvalue weighted by atomic mass is 9.68. The van der Waals surface area contributed by atoms with Gasteiger partial charge < -0.3 is 5.73 Å². The van der Waals surface area contributed by atoms with E-state index >= 15 is 0 Å². The Morgan fingerprint density at radius 2 is 2.36 bits per heavy atom. The van der Waals surface area contributed by atoms with E-state index in [4.69, 9.17) is 5.73 Å². The molecular weight excluding hydrogens is 174 g/mol. The minimum atomic E-state index is 0.315. The molecule has 0 saturated carbocycles. The van der Waals surface area contributed by atoms with Gasteiger partial charge in [0.1, 0.15) is 0 Å². The summed E-state index contributed by atoms with van der Waals surface area (Å²) in [6, 6.07) is 0. The van der Waals surface area contributed by atoms with E-state index in [2.05, 4.69) is 18.9 Å². The Kier molecular flexibility index (Phi) is 2.14. The Balaban J connectivity index is 2.48. The van der Waals surface area contributed by atoms with Crippen LogP contribution in [0.25, 0.3) is 0 Å². The standard InChI is InChI=1S/C11H19N3/c1-11(2)5-4-8-7-13-14(3)10(8)9(11)6-12/h7,9H,4-6,12H2,1-3H3. The zero-order chi connectivity index (χ0) is 10.3. The van der Waals surface area contributed by atoms with Crippen molar-refractivity contribution >= 4 is 0 Å². The monoisotopic (exact) mass is 193 g/mol. The molecule has 1 aromatic heterocycles. The zero-order valence-electron chi connectivity index (χ0n) is 9.25. The van der Waals surface area contributed by atoms with Crippen molar-refractivity contribution in [3.8, 4) is 0 Å². The molecule has 0 aromatic carbocycles. The van der Waals surface area contributed by atoms with Crippen LogP contribution in [0.1, 0.15) is 37.4 Å². The van der Waals surface area contributed by atoms with Crippen molar-refractivity contribution in [2.24, 2.45) is 18.2 Å². The average molecular weight is 193 g/mol. The normalized spacial score (nSPS) is 24.7. The summed E-state index contributed by atoms with van der Waals surface area (Å²) in [6.45, 7) is 5.33. The summed E-state index contributed by atoms with van der Waals surface area (Å²) < 4.78 is 1.99. The predicted molar refractivity (Wildman–Crippen MR) is 57.1 cm³/mol. The minimum absolute atomic E-state index is 0.315. The van der Waals surface area contributed by atoms with Crippen LogP contribution in [0.2, 0.25) is 0 Å². The minimum Gasteiger partial charge on any atom is -0.330 e. The van der Waals surface area contributed by atoms with Gasteiger partial charge in [-0.3, -0.25) is 4.68 Å². The van der Waals surface area contributed by atoms with Crippen molar-refractivity contribution in [3.05, 3.63) is 17.5 Å². The van der Waals surface area contributed by atoms with Gasteiger partial charge in [-0.15, -0.1) is 0 Å². The molecule has 14 heavy (non-hydrogen) atoms. The Morgan fingerprint density at radius 3 is 3.00 bits per heavy atom. The third-order valence-corrected chi connectivity index (χ3v) is 3.61. The summed E-state index contributed by atoms with van der Waals surface area (Å²) in [7, 11) is 2.02. The van der Waals surface area contributed by atoms with E-state index in [1.165, 1.54) is 17.7 Å². The molecule has 1 aromatic rings. The lowest BCUT2D eigenvalue weighted by molar-refractivity contribution is 0.240. The maximum atomic E-state index is 5.88. The number of aryl methyl sites for hydroxylation is 2. The van der Waals surface area contributed by atoms with Crippen LogP contribution < -0.4 is 5.73 Å². The second-order valence-electron chi connectivity index (χ2n) is 4.96. The van der Waals surface area contributed by atoms with Crippen LogP contribution in [-0.4, -0.2) is 16.3 Å². The van der Waals surface area contributed by atoms with Crippen molar-refractivity contribution in [3.63, 3.8) is 0 Å². The maximum absolute atomic E-state index is 5.88. The third kappa shape index (κ3) is 1.27. The van der Waals surface area contributed by atoms with Gasteiger partial charge in [0.2, 0.25) is 0 Å². The van der Waals surface area contributed by atoms with E-state index in [-0.39, 0.29) is 0 Å². The van der Waals surface area contributed by atoms with E-state index in [0.29, 0.717) is 11.3 Å². The topological polar surface area (TPSA) is 43.8 Å². The number of rotatable bonds is 1. The molecule has 0 radical (unpaired) electrons. The molecule has 1 aliphatic rings. The second-order valence-corrected chi connectivity index (χ2v) is 4.96. The van der Waals surface area contributed by atoms with E-state index in [9.17, 15) is 0 Å². The Labute approximate surface area is 85.3 Å². The molecule has 0 saturated heterocycles. The number of nitrogens with zero attached hydrogens (tertiary/aromatic N) is 2. The van der Waals surface area contributed by atoms with Gasteiger partial charge in [-0.05, 0) is 23.8 Å². The first-order valence-electron chi connectivity index (χ1n) is 5.27. The molecule has 0 spiro atoms. The molecule has 1 atom stereocenters. The van der Waals surface area contributed by atoms with Gasteiger partial charge in [0.25, 0.3) is 0 Å². The van der Waals surface area contributed by atoms with Gasteiger partial charge in [-0.25, -0.2) is 0 Å². The van der Waals surface area contributed by atoms with Crippen molar-refractivity contribution in [1.29, 1.82) is 0 Å². The highest BCUT2D eigenvalue weighted by molar-refractivity contribution is 5.27. The van der Waals surface area contributed by atoms with Gasteiger partial charge in [0.15, 0.2) is 0 Å². The molecule has 0 amide bonds. The molecule has 0 bridgehead atoms. The number of nitrogens with two attached hydrogens (primary N) is 1. The predicted octanol–water partition coefficient (Wildman–Crippen LogP) is 1.43. The molecule has 1 unspecified atom stereocenters. The SMILES string of the molecule is Cn1ncc2c1C(CN)C(C)(C)CC2. The highest BCUT2D eigenvalue weighted by Gasteiger charge is 2.36. The zero-order valence-corrected chi connectivity index (χ0v) is 9.25. The lowest BCUT2D eigenvalue weighted by Crippen LogP contribution is -2.34. The molecule has 78 valence electrons. The molecule has 2 rings (SSSR count). The fraction of sp³-hybridized carbons (Fsp3) is 0.727. The molecule has 0 aliphatic heterocycles. The molecule has 1 aliphatic carbocycles. The second kappa shape index (κ2) is 3.09. The van der Waals surface area contributed by atoms with Crippen LogP contribution in [0.15, 0.2) is 6.20 Å². The number of hydrogen-bond donors (Lipinski definition) is 1. The molecule has 0 fully saturated rings. The van der Waals surface area contributed by atoms with Gasteiger partial charge in [-0.1, -0.05) is 13.8 Å². The summed E-state index contributed by atoms with van der Waals surface area (Å²) in [5.74, 6) is 0.457. The fourth-order valence-electron chi connectivity index (χ4n) is 2.57. The van der Waals surface area contributed by atoms with Crippen LogP contribution in [0.5, 0.6) is 0 Å². The highest BCUT2D eigenvalue weighted by Crippen LogP contribution is 2.43. The summed E-state index contributed by atoms with van der Waals surface area (Å²) in [5.41, 5.74) is 8.94. The van der Waals surface area contributed by atoms with Crippen LogP contribution in [0.3, 0.4) is 0 Å². The van der Waals surface area contributed by atoms with E-state index in [1.807, 2.05) is 17.9 Å². The lowest BCUT2D eigenvalue weighted by Gasteiger charge is -2.38. The van der Waals surface area contributed by atoms with Gasteiger partial charge in [0.05, 0.1) is 6.20 Å². The van der Waals surface area contributed by atoms with Gasteiger partial charge in [0, 0.05) is 25.2 Å². The molecular formula is C11H19N3. The largest absolute Gasteiger partial charge is 0.330 e. The van der Waals surface area contributed by atoms with Crippen molar-refractivity contribution in [2.45, 2.75) is 32.6 Å². The first-order chi connectivity index (χ1) is 6.56. The van der Waals surface area contributed by atoms with Gasteiger partial charge in [-0.2, -0.15) is 5.10 Å². The molecule has 3 nitrogen and oxygen atoms in total. The summed E-state index contributed by atoms with van der Waals surface area (Å²) in [6.07, 6.45) is 4.35. The summed E-state index contributed by atoms with van der Waals surface area (Å²) >= 11 is 0. The summed E-state index contributed by atoms with van der Waals surface area (Å²) in [4.78, 5) is 0.